The van der Waals surface area contributed by atoms with Crippen LogP contribution in [0.15, 0.2) is 18.2 Å². The maximum atomic E-state index is 5.31. The summed E-state index contributed by atoms with van der Waals surface area (Å²) in [7, 11) is 0. The van der Waals surface area contributed by atoms with Crippen LogP contribution in [0.2, 0.25) is 0 Å². The summed E-state index contributed by atoms with van der Waals surface area (Å²) in [5, 5.41) is 0. The van der Waals surface area contributed by atoms with Crippen molar-refractivity contribution in [1.82, 2.24) is 0 Å². The number of benzene rings is 1. The Morgan fingerprint density at radius 2 is 2.33 bits per heavy atom. The molecule has 1 saturated carbocycles. The molecule has 0 unspecified atom stereocenters. The van der Waals surface area contributed by atoms with E-state index < -0.39 is 0 Å². The molecule has 12 heavy (non-hydrogen) atoms. The average Bonchev–Trinajstić information content (AvgIpc) is 2.89. The van der Waals surface area contributed by atoms with Gasteiger partial charge in [0.05, 0.1) is 6.61 Å². The maximum Gasteiger partial charge on any atom is 0.127 e. The molecule has 1 aliphatic carbocycles. The van der Waals surface area contributed by atoms with E-state index in [2.05, 4.69) is 18.2 Å². The van der Waals surface area contributed by atoms with Crippen LogP contribution in [0, 0.1) is 6.07 Å². The Morgan fingerprint density at radius 1 is 1.50 bits per heavy atom. The van der Waals surface area contributed by atoms with Gasteiger partial charge in [0.25, 0.3) is 0 Å². The van der Waals surface area contributed by atoms with Crippen molar-refractivity contribution in [3.05, 3.63) is 29.8 Å². The van der Waals surface area contributed by atoms with Crippen molar-refractivity contribution in [2.45, 2.75) is 25.7 Å². The van der Waals surface area contributed by atoms with E-state index in [1.54, 1.807) is 0 Å². The average molecular weight is 161 g/mol. The van der Waals surface area contributed by atoms with Gasteiger partial charge in [0.1, 0.15) is 5.75 Å². The van der Waals surface area contributed by atoms with Crippen LogP contribution >= 0.6 is 0 Å². The van der Waals surface area contributed by atoms with Crippen molar-refractivity contribution in [1.29, 1.82) is 0 Å². The molecule has 1 aromatic rings. The highest BCUT2D eigenvalue weighted by Gasteiger charge is 2.22. The third-order valence-electron chi connectivity index (χ3n) is 2.16. The number of hydrogen-bond acceptors (Lipinski definition) is 1. The van der Waals surface area contributed by atoms with E-state index in [1.165, 1.54) is 18.4 Å². The molecular formula is C11H13O. The first-order valence-corrected chi connectivity index (χ1v) is 4.54. The zero-order valence-electron chi connectivity index (χ0n) is 7.34. The summed E-state index contributed by atoms with van der Waals surface area (Å²) in [6, 6.07) is 9.36. The van der Waals surface area contributed by atoms with Gasteiger partial charge < -0.3 is 4.74 Å². The van der Waals surface area contributed by atoms with Gasteiger partial charge in [0.2, 0.25) is 0 Å². The molecule has 1 aliphatic rings. The highest BCUT2D eigenvalue weighted by atomic mass is 16.5. The molecule has 1 radical (unpaired) electrons. The molecule has 0 amide bonds. The lowest BCUT2D eigenvalue weighted by Gasteiger charge is -2.02. The standard InChI is InChI=1S/C11H13O/c1-2-12-11-7-5-10(6-8-11)9-3-4-9/h5-7,9H,2-4H2,1H3. The van der Waals surface area contributed by atoms with Gasteiger partial charge in [-0.05, 0) is 43.4 Å². The summed E-state index contributed by atoms with van der Waals surface area (Å²) in [4.78, 5) is 0. The Bertz CT molecular complexity index is 246. The van der Waals surface area contributed by atoms with E-state index in [0.29, 0.717) is 0 Å². The van der Waals surface area contributed by atoms with E-state index in [0.717, 1.165) is 18.3 Å². The van der Waals surface area contributed by atoms with Gasteiger partial charge in [-0.3, -0.25) is 0 Å². The first-order valence-electron chi connectivity index (χ1n) is 4.54. The fraction of sp³-hybridized carbons (Fsp3) is 0.455. The number of hydrogen-bond donors (Lipinski definition) is 0. The molecule has 63 valence electrons. The fourth-order valence-electron chi connectivity index (χ4n) is 1.34. The van der Waals surface area contributed by atoms with Crippen LogP contribution in [-0.4, -0.2) is 6.61 Å². The first kappa shape index (κ1) is 7.66. The zero-order chi connectivity index (χ0) is 8.39. The molecule has 0 aromatic heterocycles. The van der Waals surface area contributed by atoms with Gasteiger partial charge in [-0.2, -0.15) is 0 Å². The second kappa shape index (κ2) is 3.18. The van der Waals surface area contributed by atoms with Gasteiger partial charge in [-0.15, -0.1) is 0 Å². The smallest absolute Gasteiger partial charge is 0.127 e. The van der Waals surface area contributed by atoms with E-state index in [9.17, 15) is 0 Å². The SMILES string of the molecule is CCOc1[c]cc(C2CC2)cc1. The summed E-state index contributed by atoms with van der Waals surface area (Å²) in [5.41, 5.74) is 1.42. The molecule has 1 nitrogen and oxygen atoms in total. The Hall–Kier alpha value is -0.980. The van der Waals surface area contributed by atoms with Gasteiger partial charge in [0.15, 0.2) is 0 Å². The first-order chi connectivity index (χ1) is 5.90. The van der Waals surface area contributed by atoms with E-state index in [-0.39, 0.29) is 0 Å². The quantitative estimate of drug-likeness (QED) is 0.662. The molecule has 0 saturated heterocycles. The molecule has 0 atom stereocenters. The molecule has 0 N–H and O–H groups in total. The maximum absolute atomic E-state index is 5.31. The van der Waals surface area contributed by atoms with Gasteiger partial charge in [-0.1, -0.05) is 6.07 Å². The van der Waals surface area contributed by atoms with Crippen LogP contribution in [0.25, 0.3) is 0 Å². The fourth-order valence-corrected chi connectivity index (χ4v) is 1.34. The van der Waals surface area contributed by atoms with Crippen molar-refractivity contribution in [3.63, 3.8) is 0 Å². The van der Waals surface area contributed by atoms with Gasteiger partial charge >= 0.3 is 0 Å². The topological polar surface area (TPSA) is 9.23 Å². The molecule has 1 fully saturated rings. The highest BCUT2D eigenvalue weighted by Crippen LogP contribution is 2.40. The molecule has 0 bridgehead atoms. The molecule has 2 rings (SSSR count). The second-order valence-electron chi connectivity index (χ2n) is 3.19. The molecular weight excluding hydrogens is 148 g/mol. The van der Waals surface area contributed by atoms with Crippen LogP contribution in [0.5, 0.6) is 5.75 Å². The van der Waals surface area contributed by atoms with Crippen LogP contribution in [-0.2, 0) is 0 Å². The molecule has 1 aromatic carbocycles. The predicted octanol–water partition coefficient (Wildman–Crippen LogP) is 2.76. The summed E-state index contributed by atoms with van der Waals surface area (Å²) < 4.78 is 5.31. The Kier molecular flexibility index (Phi) is 2.03. The minimum atomic E-state index is 0.722. The normalized spacial score (nSPS) is 16.1. The highest BCUT2D eigenvalue weighted by molar-refractivity contribution is 5.30. The number of ether oxygens (including phenoxy) is 1. The summed E-state index contributed by atoms with van der Waals surface area (Å²) in [6.45, 7) is 2.71. The predicted molar refractivity (Wildman–Crippen MR) is 48.4 cm³/mol. The molecule has 1 heteroatoms. The van der Waals surface area contributed by atoms with Crippen molar-refractivity contribution in [2.24, 2.45) is 0 Å². The largest absolute Gasteiger partial charge is 0.493 e. The zero-order valence-corrected chi connectivity index (χ0v) is 7.34. The van der Waals surface area contributed by atoms with Gasteiger partial charge in [-0.25, -0.2) is 0 Å². The lowest BCUT2D eigenvalue weighted by atomic mass is 10.1. The van der Waals surface area contributed by atoms with E-state index in [4.69, 9.17) is 4.74 Å². The van der Waals surface area contributed by atoms with Gasteiger partial charge in [0, 0.05) is 6.07 Å². The third-order valence-corrected chi connectivity index (χ3v) is 2.16. The Balaban J connectivity index is 2.08. The van der Waals surface area contributed by atoms with Crippen LogP contribution in [0.4, 0.5) is 0 Å². The Morgan fingerprint density at radius 3 is 2.83 bits per heavy atom. The van der Waals surface area contributed by atoms with Crippen LogP contribution in [0.1, 0.15) is 31.2 Å². The summed E-state index contributed by atoms with van der Waals surface area (Å²) in [5.74, 6) is 1.68. The lowest BCUT2D eigenvalue weighted by molar-refractivity contribution is 0.339. The van der Waals surface area contributed by atoms with Crippen LogP contribution in [0.3, 0.4) is 0 Å². The number of rotatable bonds is 3. The van der Waals surface area contributed by atoms with Crippen molar-refractivity contribution in [2.75, 3.05) is 6.61 Å². The van der Waals surface area contributed by atoms with Crippen molar-refractivity contribution in [3.8, 4) is 5.75 Å². The lowest BCUT2D eigenvalue weighted by Crippen LogP contribution is -1.91. The minimum absolute atomic E-state index is 0.722. The van der Waals surface area contributed by atoms with Crippen LogP contribution < -0.4 is 4.74 Å². The third kappa shape index (κ3) is 1.60. The van der Waals surface area contributed by atoms with E-state index >= 15 is 0 Å². The molecule has 0 heterocycles. The molecule has 0 spiro atoms. The van der Waals surface area contributed by atoms with Crippen molar-refractivity contribution < 1.29 is 4.74 Å². The summed E-state index contributed by atoms with van der Waals surface area (Å²) in [6.07, 6.45) is 2.70. The van der Waals surface area contributed by atoms with E-state index in [1.807, 2.05) is 13.0 Å². The second-order valence-corrected chi connectivity index (χ2v) is 3.19. The van der Waals surface area contributed by atoms with Crippen molar-refractivity contribution >= 4 is 0 Å². The minimum Gasteiger partial charge on any atom is -0.493 e. The summed E-state index contributed by atoms with van der Waals surface area (Å²) >= 11 is 0. The monoisotopic (exact) mass is 161 g/mol. The Labute approximate surface area is 73.4 Å². The molecule has 0 aliphatic heterocycles.